The summed E-state index contributed by atoms with van der Waals surface area (Å²) in [6, 6.07) is 13.9. The molecule has 0 aliphatic heterocycles. The first kappa shape index (κ1) is 16.1. The molecule has 0 fully saturated rings. The van der Waals surface area contributed by atoms with E-state index in [-0.39, 0.29) is 5.25 Å². The molecule has 0 N–H and O–H groups in total. The number of rotatable bonds is 4. The van der Waals surface area contributed by atoms with Crippen LogP contribution in [0, 0.1) is 13.8 Å². The lowest BCUT2D eigenvalue weighted by Gasteiger charge is -2.10. The third kappa shape index (κ3) is 3.59. The van der Waals surface area contributed by atoms with Gasteiger partial charge in [0.25, 0.3) is 5.22 Å². The minimum Gasteiger partial charge on any atom is -0.411 e. The van der Waals surface area contributed by atoms with Crippen LogP contribution in [0.3, 0.4) is 0 Å². The lowest BCUT2D eigenvalue weighted by molar-refractivity contribution is 0.465. The molecule has 1 atom stereocenters. The summed E-state index contributed by atoms with van der Waals surface area (Å²) in [5, 5.41) is 9.73. The fourth-order valence-corrected chi connectivity index (χ4v) is 3.48. The van der Waals surface area contributed by atoms with Crippen molar-refractivity contribution in [3.05, 3.63) is 64.2 Å². The molecule has 0 bridgehead atoms. The van der Waals surface area contributed by atoms with Crippen molar-refractivity contribution in [1.82, 2.24) is 10.2 Å². The Hall–Kier alpha value is -1.78. The first-order valence-corrected chi connectivity index (χ1v) is 8.62. The van der Waals surface area contributed by atoms with Crippen LogP contribution < -0.4 is 0 Å². The second-order valence-electron chi connectivity index (χ2n) is 5.45. The van der Waals surface area contributed by atoms with Crippen LogP contribution in [0.5, 0.6) is 0 Å². The van der Waals surface area contributed by atoms with E-state index in [0.29, 0.717) is 11.1 Å². The van der Waals surface area contributed by atoms with Crippen LogP contribution in [-0.4, -0.2) is 10.2 Å². The zero-order valence-corrected chi connectivity index (χ0v) is 14.8. The topological polar surface area (TPSA) is 38.9 Å². The summed E-state index contributed by atoms with van der Waals surface area (Å²) in [5.41, 5.74) is 4.46. The summed E-state index contributed by atoms with van der Waals surface area (Å²) < 4.78 is 5.79. The number of aromatic nitrogens is 2. The number of hydrogen-bond acceptors (Lipinski definition) is 4. The smallest absolute Gasteiger partial charge is 0.277 e. The van der Waals surface area contributed by atoms with Crippen molar-refractivity contribution in [2.75, 3.05) is 0 Å². The Morgan fingerprint density at radius 3 is 2.57 bits per heavy atom. The first-order chi connectivity index (χ1) is 11.0. The molecule has 5 heteroatoms. The number of aryl methyl sites for hydroxylation is 2. The predicted octanol–water partition coefficient (Wildman–Crippen LogP) is 5.86. The van der Waals surface area contributed by atoms with Gasteiger partial charge in [-0.25, -0.2) is 0 Å². The van der Waals surface area contributed by atoms with Crippen LogP contribution in [0.25, 0.3) is 11.5 Å². The Labute approximate surface area is 145 Å². The maximum absolute atomic E-state index is 6.24. The van der Waals surface area contributed by atoms with E-state index in [1.807, 2.05) is 30.3 Å². The molecule has 1 aromatic heterocycles. The summed E-state index contributed by atoms with van der Waals surface area (Å²) in [6.07, 6.45) is 0. The van der Waals surface area contributed by atoms with Crippen LogP contribution in [0.4, 0.5) is 0 Å². The van der Waals surface area contributed by atoms with Crippen molar-refractivity contribution in [2.24, 2.45) is 0 Å². The molecule has 0 radical (unpaired) electrons. The van der Waals surface area contributed by atoms with Gasteiger partial charge in [0, 0.05) is 15.8 Å². The van der Waals surface area contributed by atoms with E-state index < -0.39 is 0 Å². The molecule has 23 heavy (non-hydrogen) atoms. The van der Waals surface area contributed by atoms with Gasteiger partial charge < -0.3 is 4.42 Å². The molecule has 0 unspecified atom stereocenters. The molecule has 3 aromatic rings. The highest BCUT2D eigenvalue weighted by atomic mass is 35.5. The Kier molecular flexibility index (Phi) is 4.74. The molecular weight excluding hydrogens is 328 g/mol. The van der Waals surface area contributed by atoms with Crippen LogP contribution in [0.2, 0.25) is 5.02 Å². The summed E-state index contributed by atoms with van der Waals surface area (Å²) in [5.74, 6) is 0.543. The van der Waals surface area contributed by atoms with Crippen molar-refractivity contribution in [2.45, 2.75) is 31.2 Å². The molecule has 3 rings (SSSR count). The van der Waals surface area contributed by atoms with E-state index in [1.54, 1.807) is 0 Å². The van der Waals surface area contributed by atoms with Gasteiger partial charge in [-0.05, 0) is 55.7 Å². The summed E-state index contributed by atoms with van der Waals surface area (Å²) >= 11 is 7.75. The number of nitrogens with zero attached hydrogens (tertiary/aromatic N) is 2. The Morgan fingerprint density at radius 1 is 1.04 bits per heavy atom. The van der Waals surface area contributed by atoms with E-state index in [1.165, 1.54) is 22.9 Å². The van der Waals surface area contributed by atoms with E-state index in [0.717, 1.165) is 16.1 Å². The third-order valence-electron chi connectivity index (χ3n) is 3.78. The van der Waals surface area contributed by atoms with Gasteiger partial charge in [0.1, 0.15) is 0 Å². The first-order valence-electron chi connectivity index (χ1n) is 7.37. The summed E-state index contributed by atoms with van der Waals surface area (Å²) in [4.78, 5) is 0. The largest absolute Gasteiger partial charge is 0.411 e. The monoisotopic (exact) mass is 344 g/mol. The number of hydrogen-bond donors (Lipinski definition) is 0. The van der Waals surface area contributed by atoms with Gasteiger partial charge in [-0.1, -0.05) is 47.6 Å². The second kappa shape index (κ2) is 6.77. The molecule has 0 saturated heterocycles. The standard InChI is InChI=1S/C18H17ClN2OS/c1-11-8-9-14(10-12(11)2)17-20-21-18(22-17)23-13(3)15-6-4-5-7-16(15)19/h4-10,13H,1-3H3/t13-/m0/s1. The summed E-state index contributed by atoms with van der Waals surface area (Å²) in [6.45, 7) is 6.23. The van der Waals surface area contributed by atoms with Crippen LogP contribution in [-0.2, 0) is 0 Å². The molecule has 118 valence electrons. The minimum absolute atomic E-state index is 0.136. The maximum atomic E-state index is 6.24. The SMILES string of the molecule is Cc1ccc(-c2nnc(S[C@@H](C)c3ccccc3Cl)o2)cc1C. The van der Waals surface area contributed by atoms with Crippen molar-refractivity contribution >= 4 is 23.4 Å². The Bertz CT molecular complexity index is 831. The van der Waals surface area contributed by atoms with Crippen molar-refractivity contribution < 1.29 is 4.42 Å². The molecule has 0 aliphatic carbocycles. The van der Waals surface area contributed by atoms with Gasteiger partial charge in [-0.2, -0.15) is 0 Å². The highest BCUT2D eigenvalue weighted by Crippen LogP contribution is 2.38. The van der Waals surface area contributed by atoms with E-state index in [4.69, 9.17) is 16.0 Å². The second-order valence-corrected chi connectivity index (χ2v) is 7.15. The van der Waals surface area contributed by atoms with Gasteiger partial charge >= 0.3 is 0 Å². The summed E-state index contributed by atoms with van der Waals surface area (Å²) in [7, 11) is 0. The normalized spacial score (nSPS) is 12.3. The number of halogens is 1. The van der Waals surface area contributed by atoms with Gasteiger partial charge in [-0.3, -0.25) is 0 Å². The molecule has 0 saturated carbocycles. The quantitative estimate of drug-likeness (QED) is 0.555. The lowest BCUT2D eigenvalue weighted by atomic mass is 10.1. The van der Waals surface area contributed by atoms with Gasteiger partial charge in [0.15, 0.2) is 0 Å². The van der Waals surface area contributed by atoms with Crippen molar-refractivity contribution in [1.29, 1.82) is 0 Å². The fourth-order valence-electron chi connectivity index (χ4n) is 2.27. The van der Waals surface area contributed by atoms with Crippen LogP contribution in [0.1, 0.15) is 28.9 Å². The zero-order valence-electron chi connectivity index (χ0n) is 13.2. The molecule has 0 spiro atoms. The van der Waals surface area contributed by atoms with Crippen molar-refractivity contribution in [3.63, 3.8) is 0 Å². The predicted molar refractivity (Wildman–Crippen MR) is 94.9 cm³/mol. The van der Waals surface area contributed by atoms with Crippen LogP contribution in [0.15, 0.2) is 52.1 Å². The van der Waals surface area contributed by atoms with Crippen LogP contribution >= 0.6 is 23.4 Å². The highest BCUT2D eigenvalue weighted by molar-refractivity contribution is 7.99. The Morgan fingerprint density at radius 2 is 1.83 bits per heavy atom. The minimum atomic E-state index is 0.136. The molecular formula is C18H17ClN2OS. The average molecular weight is 345 g/mol. The van der Waals surface area contributed by atoms with Gasteiger partial charge in [-0.15, -0.1) is 10.2 Å². The number of thioether (sulfide) groups is 1. The van der Waals surface area contributed by atoms with Gasteiger partial charge in [0.05, 0.1) is 0 Å². The third-order valence-corrected chi connectivity index (χ3v) is 5.10. The van der Waals surface area contributed by atoms with E-state index in [2.05, 4.69) is 43.1 Å². The lowest BCUT2D eigenvalue weighted by Crippen LogP contribution is -1.89. The zero-order chi connectivity index (χ0) is 16.4. The molecule has 2 aromatic carbocycles. The molecule has 0 aliphatic rings. The average Bonchev–Trinajstić information content (AvgIpc) is 2.99. The van der Waals surface area contributed by atoms with Gasteiger partial charge in [0.2, 0.25) is 5.89 Å². The van der Waals surface area contributed by atoms with E-state index >= 15 is 0 Å². The number of benzene rings is 2. The molecule has 0 amide bonds. The highest BCUT2D eigenvalue weighted by Gasteiger charge is 2.16. The molecule has 1 heterocycles. The Balaban J connectivity index is 1.79. The van der Waals surface area contributed by atoms with Crippen molar-refractivity contribution in [3.8, 4) is 11.5 Å². The molecule has 3 nitrogen and oxygen atoms in total. The van der Waals surface area contributed by atoms with E-state index in [9.17, 15) is 0 Å². The maximum Gasteiger partial charge on any atom is 0.277 e. The fraction of sp³-hybridized carbons (Fsp3) is 0.222.